The molecule has 22 heavy (non-hydrogen) atoms. The molecule has 0 radical (unpaired) electrons. The number of fused-ring (bicyclic) bond motifs is 1. The summed E-state index contributed by atoms with van der Waals surface area (Å²) < 4.78 is 0. The fraction of sp³-hybridized carbons (Fsp3) is 0.250. The van der Waals surface area contributed by atoms with Crippen molar-refractivity contribution in [3.8, 4) is 0 Å². The normalized spacial score (nSPS) is 11.9. The number of carboxylic acids is 1. The molecule has 116 valence electrons. The quantitative estimate of drug-likeness (QED) is 0.632. The second-order valence-electron chi connectivity index (χ2n) is 4.67. The van der Waals surface area contributed by atoms with Crippen LogP contribution in [0.4, 0.5) is 4.79 Å². The standard InChI is InChI=1S/C16H17NO5/c1-2-17-16(20)22-21-14(15(18)19)10-12-8-5-7-11-6-3-4-9-13(11)12/h3-9,14H,2,10H2,1H3,(H,17,20)(H,18,19). The molecule has 0 aliphatic heterocycles. The smallest absolute Gasteiger partial charge is 0.438 e. The molecule has 1 unspecified atom stereocenters. The zero-order valence-corrected chi connectivity index (χ0v) is 12.1. The van der Waals surface area contributed by atoms with Crippen molar-refractivity contribution in [1.29, 1.82) is 0 Å². The molecule has 0 saturated heterocycles. The molecule has 0 bridgehead atoms. The van der Waals surface area contributed by atoms with Crippen LogP contribution in [0.3, 0.4) is 0 Å². The number of carbonyl (C=O) groups is 2. The van der Waals surface area contributed by atoms with Crippen LogP contribution in [0.15, 0.2) is 42.5 Å². The first-order valence-corrected chi connectivity index (χ1v) is 6.92. The minimum absolute atomic E-state index is 0.0933. The summed E-state index contributed by atoms with van der Waals surface area (Å²) in [5, 5.41) is 13.5. The number of hydrogen-bond donors (Lipinski definition) is 2. The number of nitrogens with one attached hydrogen (secondary N) is 1. The Bertz CT molecular complexity index is 665. The Morgan fingerprint density at radius 2 is 1.91 bits per heavy atom. The number of rotatable bonds is 6. The number of hydrogen-bond acceptors (Lipinski definition) is 4. The first-order valence-electron chi connectivity index (χ1n) is 6.92. The van der Waals surface area contributed by atoms with E-state index in [4.69, 9.17) is 4.89 Å². The second kappa shape index (κ2) is 7.42. The van der Waals surface area contributed by atoms with E-state index in [2.05, 4.69) is 10.2 Å². The van der Waals surface area contributed by atoms with E-state index in [1.54, 1.807) is 6.92 Å². The third-order valence-electron chi connectivity index (χ3n) is 3.12. The highest BCUT2D eigenvalue weighted by molar-refractivity contribution is 5.86. The highest BCUT2D eigenvalue weighted by Crippen LogP contribution is 2.20. The first kappa shape index (κ1) is 15.8. The van der Waals surface area contributed by atoms with Crippen LogP contribution in [0.2, 0.25) is 0 Å². The third-order valence-corrected chi connectivity index (χ3v) is 3.12. The van der Waals surface area contributed by atoms with E-state index in [0.717, 1.165) is 16.3 Å². The summed E-state index contributed by atoms with van der Waals surface area (Å²) in [6.45, 7) is 2.08. The van der Waals surface area contributed by atoms with Gasteiger partial charge in [-0.15, -0.1) is 0 Å². The maximum atomic E-state index is 11.3. The maximum absolute atomic E-state index is 11.3. The van der Waals surface area contributed by atoms with Crippen molar-refractivity contribution in [3.05, 3.63) is 48.0 Å². The predicted molar refractivity (Wildman–Crippen MR) is 80.3 cm³/mol. The van der Waals surface area contributed by atoms with Crippen molar-refractivity contribution in [1.82, 2.24) is 5.32 Å². The molecule has 0 saturated carbocycles. The van der Waals surface area contributed by atoms with Gasteiger partial charge >= 0.3 is 12.1 Å². The molecule has 1 amide bonds. The summed E-state index contributed by atoms with van der Waals surface area (Å²) in [4.78, 5) is 31.7. The van der Waals surface area contributed by atoms with Gasteiger partial charge < -0.3 is 10.4 Å². The Morgan fingerprint density at radius 3 is 2.64 bits per heavy atom. The molecule has 1 atom stereocenters. The van der Waals surface area contributed by atoms with E-state index in [1.807, 2.05) is 42.5 Å². The van der Waals surface area contributed by atoms with Crippen LogP contribution >= 0.6 is 0 Å². The lowest BCUT2D eigenvalue weighted by molar-refractivity contribution is -0.271. The summed E-state index contributed by atoms with van der Waals surface area (Å²) in [5.74, 6) is -1.20. The fourth-order valence-corrected chi connectivity index (χ4v) is 2.11. The van der Waals surface area contributed by atoms with Crippen molar-refractivity contribution >= 4 is 22.8 Å². The van der Waals surface area contributed by atoms with Crippen LogP contribution in [0, 0.1) is 0 Å². The Kier molecular flexibility index (Phi) is 5.32. The van der Waals surface area contributed by atoms with Crippen LogP contribution in [0.1, 0.15) is 12.5 Å². The second-order valence-corrected chi connectivity index (χ2v) is 4.67. The lowest BCUT2D eigenvalue weighted by Gasteiger charge is -2.13. The Labute approximate surface area is 127 Å². The van der Waals surface area contributed by atoms with Gasteiger partial charge in [0.1, 0.15) is 0 Å². The van der Waals surface area contributed by atoms with Crippen molar-refractivity contribution in [2.75, 3.05) is 6.54 Å². The molecular weight excluding hydrogens is 286 g/mol. The number of carboxylic acid groups (broad SMARTS) is 1. The number of carbonyl (C=O) groups excluding carboxylic acids is 1. The van der Waals surface area contributed by atoms with Crippen molar-refractivity contribution in [3.63, 3.8) is 0 Å². The molecule has 0 aromatic heterocycles. The Morgan fingerprint density at radius 1 is 1.18 bits per heavy atom. The average Bonchev–Trinajstić information content (AvgIpc) is 2.51. The highest BCUT2D eigenvalue weighted by atomic mass is 17.2. The molecule has 6 nitrogen and oxygen atoms in total. The average molecular weight is 303 g/mol. The lowest BCUT2D eigenvalue weighted by atomic mass is 10.00. The van der Waals surface area contributed by atoms with Gasteiger partial charge in [0.05, 0.1) is 0 Å². The van der Waals surface area contributed by atoms with Crippen LogP contribution in [-0.2, 0) is 21.0 Å². The van der Waals surface area contributed by atoms with Crippen molar-refractivity contribution in [2.45, 2.75) is 19.4 Å². The molecule has 0 aliphatic carbocycles. The molecule has 2 N–H and O–H groups in total. The Hall–Kier alpha value is -2.60. The van der Waals surface area contributed by atoms with Gasteiger partial charge in [-0.05, 0) is 23.3 Å². The van der Waals surface area contributed by atoms with E-state index in [9.17, 15) is 14.7 Å². The van der Waals surface area contributed by atoms with Crippen LogP contribution in [0.25, 0.3) is 10.8 Å². The molecule has 0 spiro atoms. The van der Waals surface area contributed by atoms with Gasteiger partial charge in [-0.25, -0.2) is 9.59 Å². The molecule has 2 aromatic rings. The zero-order chi connectivity index (χ0) is 15.9. The predicted octanol–water partition coefficient (Wildman–Crippen LogP) is 2.51. The lowest BCUT2D eigenvalue weighted by Crippen LogP contribution is -2.31. The van der Waals surface area contributed by atoms with Gasteiger partial charge in [-0.2, -0.15) is 4.89 Å². The number of amides is 1. The van der Waals surface area contributed by atoms with Crippen molar-refractivity contribution in [2.24, 2.45) is 0 Å². The molecule has 6 heteroatoms. The van der Waals surface area contributed by atoms with E-state index >= 15 is 0 Å². The highest BCUT2D eigenvalue weighted by Gasteiger charge is 2.23. The molecule has 2 rings (SSSR count). The molecule has 0 fully saturated rings. The summed E-state index contributed by atoms with van der Waals surface area (Å²) in [6, 6.07) is 13.3. The molecular formula is C16H17NO5. The van der Waals surface area contributed by atoms with Crippen LogP contribution < -0.4 is 5.32 Å². The minimum atomic E-state index is -1.27. The largest absolute Gasteiger partial charge is 0.479 e. The van der Waals surface area contributed by atoms with Gasteiger partial charge in [0.25, 0.3) is 0 Å². The van der Waals surface area contributed by atoms with Crippen LogP contribution in [-0.4, -0.2) is 29.8 Å². The van der Waals surface area contributed by atoms with E-state index < -0.39 is 18.2 Å². The Balaban J connectivity index is 2.13. The SMILES string of the molecule is CCNC(=O)OOC(Cc1cccc2ccccc12)C(=O)O. The molecule has 2 aromatic carbocycles. The minimum Gasteiger partial charge on any atom is -0.479 e. The number of aliphatic carboxylic acids is 1. The third kappa shape index (κ3) is 3.95. The summed E-state index contributed by atoms with van der Waals surface area (Å²) in [7, 11) is 0. The van der Waals surface area contributed by atoms with Gasteiger partial charge in [-0.1, -0.05) is 42.5 Å². The maximum Gasteiger partial charge on any atom is 0.438 e. The first-order chi connectivity index (χ1) is 10.6. The van der Waals surface area contributed by atoms with Gasteiger partial charge in [0.15, 0.2) is 0 Å². The van der Waals surface area contributed by atoms with E-state index in [-0.39, 0.29) is 6.42 Å². The fourth-order valence-electron chi connectivity index (χ4n) is 2.11. The summed E-state index contributed by atoms with van der Waals surface area (Å²) in [6.07, 6.45) is -1.99. The summed E-state index contributed by atoms with van der Waals surface area (Å²) in [5.41, 5.74) is 0.810. The van der Waals surface area contributed by atoms with Gasteiger partial charge in [-0.3, -0.25) is 4.89 Å². The van der Waals surface area contributed by atoms with Crippen LogP contribution in [0.5, 0.6) is 0 Å². The van der Waals surface area contributed by atoms with E-state index in [1.165, 1.54) is 0 Å². The monoisotopic (exact) mass is 303 g/mol. The topological polar surface area (TPSA) is 84.9 Å². The molecule has 0 aliphatic rings. The zero-order valence-electron chi connectivity index (χ0n) is 12.1. The van der Waals surface area contributed by atoms with Gasteiger partial charge in [0, 0.05) is 13.0 Å². The van der Waals surface area contributed by atoms with Gasteiger partial charge in [0.2, 0.25) is 6.10 Å². The van der Waals surface area contributed by atoms with Crippen molar-refractivity contribution < 1.29 is 24.5 Å². The number of benzene rings is 2. The summed E-state index contributed by atoms with van der Waals surface area (Å²) >= 11 is 0. The van der Waals surface area contributed by atoms with E-state index in [0.29, 0.717) is 6.54 Å². The molecule has 0 heterocycles.